The highest BCUT2D eigenvalue weighted by Crippen LogP contribution is 2.45. The number of aromatic nitrogens is 3. The first-order valence-electron chi connectivity index (χ1n) is 13.2. The Bertz CT molecular complexity index is 1850. The minimum absolute atomic E-state index is 0.0253. The van der Waals surface area contributed by atoms with Crippen LogP contribution in [0.4, 0.5) is 17.6 Å². The molecule has 0 aliphatic carbocycles. The average Bonchev–Trinajstić information content (AvgIpc) is 3.67. The highest BCUT2D eigenvalue weighted by Gasteiger charge is 2.38. The highest BCUT2D eigenvalue weighted by atomic mass is 19.2. The Balaban J connectivity index is 1.34. The topological polar surface area (TPSA) is 100 Å². The van der Waals surface area contributed by atoms with Crippen molar-refractivity contribution in [3.05, 3.63) is 94.9 Å². The van der Waals surface area contributed by atoms with E-state index in [0.29, 0.717) is 30.9 Å². The second-order valence-corrected chi connectivity index (χ2v) is 10.6. The molecule has 1 aliphatic rings. The van der Waals surface area contributed by atoms with E-state index in [1.165, 1.54) is 24.4 Å². The summed E-state index contributed by atoms with van der Waals surface area (Å²) in [5.74, 6) is -6.41. The summed E-state index contributed by atoms with van der Waals surface area (Å²) in [6.07, 6.45) is 3.78. The van der Waals surface area contributed by atoms with Gasteiger partial charge in [-0.25, -0.2) is 18.2 Å². The van der Waals surface area contributed by atoms with Gasteiger partial charge >= 0.3 is 5.97 Å². The lowest BCUT2D eigenvalue weighted by Gasteiger charge is -2.35. The Morgan fingerprint density at radius 1 is 1.12 bits per heavy atom. The van der Waals surface area contributed by atoms with Gasteiger partial charge in [-0.05, 0) is 49.6 Å². The van der Waals surface area contributed by atoms with Crippen LogP contribution in [0.25, 0.3) is 22.3 Å². The lowest BCUT2D eigenvalue weighted by atomic mass is 9.74. The molecule has 5 aromatic rings. The van der Waals surface area contributed by atoms with Gasteiger partial charge in [-0.2, -0.15) is 4.39 Å². The van der Waals surface area contributed by atoms with Gasteiger partial charge in [-0.15, -0.1) is 0 Å². The number of imidazole rings is 1. The molecule has 42 heavy (non-hydrogen) atoms. The molecule has 0 bridgehead atoms. The average molecular weight is 580 g/mol. The number of hydrogen-bond acceptors (Lipinski definition) is 4. The van der Waals surface area contributed by atoms with E-state index >= 15 is 4.39 Å². The van der Waals surface area contributed by atoms with Crippen molar-refractivity contribution in [3.8, 4) is 28.6 Å². The zero-order valence-corrected chi connectivity index (χ0v) is 22.5. The lowest BCUT2D eigenvalue weighted by molar-refractivity contribution is -0.141. The molecule has 1 unspecified atom stereocenters. The molecule has 0 saturated heterocycles. The third kappa shape index (κ3) is 4.45. The molecule has 0 radical (unpaired) electrons. The number of aromatic amines is 2. The second kappa shape index (κ2) is 10.2. The van der Waals surface area contributed by atoms with Gasteiger partial charge in [0.05, 0.1) is 29.3 Å². The van der Waals surface area contributed by atoms with Gasteiger partial charge in [0, 0.05) is 28.8 Å². The van der Waals surface area contributed by atoms with E-state index in [-0.39, 0.29) is 28.0 Å². The largest absolute Gasteiger partial charge is 0.493 e. The summed E-state index contributed by atoms with van der Waals surface area (Å²) in [4.78, 5) is 21.6. The van der Waals surface area contributed by atoms with Crippen LogP contribution in [0.3, 0.4) is 0 Å². The van der Waals surface area contributed by atoms with Gasteiger partial charge in [0.15, 0.2) is 11.6 Å². The SMILES string of the molecule is C[C@H](Cc1cccc2c1OCCC2(C)c1c[nH]c(-c2cc(Oc3c(F)c(F)c4[nH]ccc4c3F)ccc2F)n1)C(=O)O. The van der Waals surface area contributed by atoms with E-state index in [1.54, 1.807) is 13.1 Å². The molecule has 3 aromatic carbocycles. The molecule has 3 N–H and O–H groups in total. The number of para-hydroxylation sites is 1. The van der Waals surface area contributed by atoms with Crippen molar-refractivity contribution in [2.75, 3.05) is 6.61 Å². The molecule has 0 spiro atoms. The number of carbonyl (C=O) groups is 1. The van der Waals surface area contributed by atoms with E-state index < -0.39 is 46.3 Å². The summed E-state index contributed by atoms with van der Waals surface area (Å²) in [5, 5.41) is 9.20. The molecule has 0 fully saturated rings. The van der Waals surface area contributed by atoms with E-state index in [1.807, 2.05) is 25.1 Å². The first-order chi connectivity index (χ1) is 20.1. The molecule has 216 valence electrons. The maximum Gasteiger partial charge on any atom is 0.306 e. The van der Waals surface area contributed by atoms with Crippen molar-refractivity contribution < 1.29 is 36.9 Å². The molecule has 2 aromatic heterocycles. The van der Waals surface area contributed by atoms with Gasteiger partial charge in [-0.1, -0.05) is 25.1 Å². The fourth-order valence-electron chi connectivity index (χ4n) is 5.39. The number of H-pyrrole nitrogens is 2. The molecule has 1 aliphatic heterocycles. The quantitative estimate of drug-likeness (QED) is 0.139. The maximum atomic E-state index is 15.0. The molecule has 7 nitrogen and oxygen atoms in total. The van der Waals surface area contributed by atoms with Gasteiger partial charge in [0.1, 0.15) is 23.1 Å². The summed E-state index contributed by atoms with van der Waals surface area (Å²) in [6, 6.07) is 10.3. The number of fused-ring (bicyclic) bond motifs is 2. The lowest BCUT2D eigenvalue weighted by Crippen LogP contribution is -2.32. The van der Waals surface area contributed by atoms with Crippen LogP contribution >= 0.6 is 0 Å². The Labute approximate surface area is 237 Å². The van der Waals surface area contributed by atoms with Crippen LogP contribution in [0.1, 0.15) is 37.1 Å². The molecule has 0 saturated carbocycles. The van der Waals surface area contributed by atoms with Crippen LogP contribution in [0.2, 0.25) is 0 Å². The van der Waals surface area contributed by atoms with Crippen molar-refractivity contribution >= 4 is 16.9 Å². The summed E-state index contributed by atoms with van der Waals surface area (Å²) in [6.45, 7) is 3.97. The van der Waals surface area contributed by atoms with Crippen LogP contribution in [0, 0.1) is 29.2 Å². The van der Waals surface area contributed by atoms with Crippen LogP contribution in [-0.2, 0) is 16.6 Å². The summed E-state index contributed by atoms with van der Waals surface area (Å²) in [5.41, 5.74) is 1.19. The predicted molar refractivity (Wildman–Crippen MR) is 146 cm³/mol. The number of nitrogens with one attached hydrogen (secondary N) is 2. The van der Waals surface area contributed by atoms with Gasteiger partial charge in [-0.3, -0.25) is 4.79 Å². The number of aliphatic carboxylic acids is 1. The monoisotopic (exact) mass is 579 g/mol. The Morgan fingerprint density at radius 3 is 2.71 bits per heavy atom. The third-order valence-electron chi connectivity index (χ3n) is 7.84. The molecular weight excluding hydrogens is 554 g/mol. The molecule has 0 amide bonds. The fraction of sp³-hybridized carbons (Fsp3) is 0.226. The number of halogens is 4. The molecule has 3 heterocycles. The van der Waals surface area contributed by atoms with E-state index in [4.69, 9.17) is 9.47 Å². The van der Waals surface area contributed by atoms with Crippen molar-refractivity contribution in [2.24, 2.45) is 5.92 Å². The van der Waals surface area contributed by atoms with E-state index in [0.717, 1.165) is 17.2 Å². The van der Waals surface area contributed by atoms with Gasteiger partial charge in [0.25, 0.3) is 0 Å². The van der Waals surface area contributed by atoms with Crippen LogP contribution in [0.5, 0.6) is 17.2 Å². The summed E-state index contributed by atoms with van der Waals surface area (Å²) < 4.78 is 70.5. The smallest absolute Gasteiger partial charge is 0.306 e. The number of ether oxygens (including phenoxy) is 2. The Morgan fingerprint density at radius 2 is 1.93 bits per heavy atom. The molecule has 11 heteroatoms. The van der Waals surface area contributed by atoms with Gasteiger partial charge < -0.3 is 24.5 Å². The van der Waals surface area contributed by atoms with E-state index in [2.05, 4.69) is 15.0 Å². The number of rotatable bonds is 7. The zero-order chi connectivity index (χ0) is 29.8. The first kappa shape index (κ1) is 27.4. The van der Waals surface area contributed by atoms with Crippen LogP contribution in [0.15, 0.2) is 54.9 Å². The summed E-state index contributed by atoms with van der Waals surface area (Å²) >= 11 is 0. The zero-order valence-electron chi connectivity index (χ0n) is 22.5. The first-order valence-corrected chi connectivity index (χ1v) is 13.2. The third-order valence-corrected chi connectivity index (χ3v) is 7.84. The summed E-state index contributed by atoms with van der Waals surface area (Å²) in [7, 11) is 0. The van der Waals surface area contributed by atoms with Crippen molar-refractivity contribution in [1.82, 2.24) is 15.0 Å². The van der Waals surface area contributed by atoms with Crippen molar-refractivity contribution in [2.45, 2.75) is 32.1 Å². The minimum atomic E-state index is -1.52. The predicted octanol–water partition coefficient (Wildman–Crippen LogP) is 7.26. The Kier molecular flexibility index (Phi) is 6.67. The standard InChI is InChI=1S/C31H25F4N3O4/c1-15(30(39)40)12-16-4-3-5-20-27(16)41-11-9-31(20,2)22-14-37-29(38-22)19-13-17(6-7-21(19)32)42-28-23(33)18-8-10-36-26(18)24(34)25(28)35/h3-8,10,13-15,36H,9,11-12H2,1-2H3,(H,37,38)(H,39,40)/t15-,31?/m1/s1. The molecular formula is C31H25F4N3O4. The van der Waals surface area contributed by atoms with Crippen molar-refractivity contribution in [3.63, 3.8) is 0 Å². The number of carboxylic acid groups (broad SMARTS) is 1. The highest BCUT2D eigenvalue weighted by molar-refractivity contribution is 5.82. The molecule has 2 atom stereocenters. The number of hydrogen-bond donors (Lipinski definition) is 3. The number of carboxylic acids is 1. The van der Waals surface area contributed by atoms with E-state index in [9.17, 15) is 23.1 Å². The maximum absolute atomic E-state index is 15.0. The number of benzene rings is 3. The fourth-order valence-corrected chi connectivity index (χ4v) is 5.39. The minimum Gasteiger partial charge on any atom is -0.493 e. The normalized spacial score (nSPS) is 17.1. The molecule has 6 rings (SSSR count). The second-order valence-electron chi connectivity index (χ2n) is 10.6. The van der Waals surface area contributed by atoms with Crippen LogP contribution < -0.4 is 9.47 Å². The van der Waals surface area contributed by atoms with Crippen molar-refractivity contribution in [1.29, 1.82) is 0 Å². The Hall–Kier alpha value is -4.80. The van der Waals surface area contributed by atoms with Crippen LogP contribution in [-0.4, -0.2) is 32.6 Å². The number of nitrogens with zero attached hydrogens (tertiary/aromatic N) is 1. The van der Waals surface area contributed by atoms with Gasteiger partial charge in [0.2, 0.25) is 11.6 Å².